The number of carbonyl (C=O) groups is 1. The summed E-state index contributed by atoms with van der Waals surface area (Å²) in [4.78, 5) is 11.3. The number of hydrogen-bond acceptors (Lipinski definition) is 4. The van der Waals surface area contributed by atoms with Gasteiger partial charge in [0.1, 0.15) is 5.78 Å². The number of allylic oxidation sites excluding steroid dienone is 2. The Balaban J connectivity index is 2.20. The van der Waals surface area contributed by atoms with Crippen LogP contribution in [0, 0.1) is 0 Å². The number of nitrogens with one attached hydrogen (secondary N) is 2. The molecule has 0 radical (unpaired) electrons. The number of hydrazine groups is 2. The Bertz CT molecular complexity index is 270. The summed E-state index contributed by atoms with van der Waals surface area (Å²) in [6.45, 7) is 4.20. The van der Waals surface area contributed by atoms with Gasteiger partial charge < -0.3 is 5.43 Å². The molecule has 4 heteroatoms. The Morgan fingerprint density at radius 3 is 2.85 bits per heavy atom. The molecule has 0 atom stereocenters. The van der Waals surface area contributed by atoms with Crippen LogP contribution in [0.2, 0.25) is 0 Å². The molecule has 0 spiro atoms. The normalized spacial score (nSPS) is 22.4. The minimum atomic E-state index is 0.343. The molecule has 1 heterocycles. The average molecular weight is 181 g/mol. The van der Waals surface area contributed by atoms with Gasteiger partial charge in [-0.15, -0.1) is 5.53 Å². The van der Waals surface area contributed by atoms with Gasteiger partial charge in [0.2, 0.25) is 0 Å². The number of carbonyl (C=O) groups excluding carboxylic acids is 1. The van der Waals surface area contributed by atoms with Crippen molar-refractivity contribution in [3.8, 4) is 0 Å². The molecule has 0 aromatic rings. The van der Waals surface area contributed by atoms with Gasteiger partial charge in [0.05, 0.1) is 5.70 Å². The zero-order chi connectivity index (χ0) is 9.42. The fourth-order valence-electron chi connectivity index (χ4n) is 1.79. The lowest BCUT2D eigenvalue weighted by Gasteiger charge is -2.25. The number of ketones is 1. The lowest BCUT2D eigenvalue weighted by atomic mass is 10.00. The highest BCUT2D eigenvalue weighted by Gasteiger charge is 2.28. The van der Waals surface area contributed by atoms with Crippen molar-refractivity contribution >= 4 is 5.78 Å². The van der Waals surface area contributed by atoms with Gasteiger partial charge >= 0.3 is 0 Å². The van der Waals surface area contributed by atoms with E-state index in [1.807, 2.05) is 5.01 Å². The van der Waals surface area contributed by atoms with Crippen LogP contribution in [-0.4, -0.2) is 16.8 Å². The van der Waals surface area contributed by atoms with Crippen molar-refractivity contribution in [2.24, 2.45) is 0 Å². The molecule has 0 fully saturated rings. The SMILES string of the molecule is CC(C)N1NNC2=C1CC(=O)CC2. The van der Waals surface area contributed by atoms with Crippen molar-refractivity contribution in [1.82, 2.24) is 16.0 Å². The van der Waals surface area contributed by atoms with Crippen molar-refractivity contribution < 1.29 is 4.79 Å². The molecule has 4 nitrogen and oxygen atoms in total. The highest BCUT2D eigenvalue weighted by atomic mass is 16.1. The molecule has 0 unspecified atom stereocenters. The Hall–Kier alpha value is -1.03. The van der Waals surface area contributed by atoms with E-state index in [0.717, 1.165) is 12.1 Å². The smallest absolute Gasteiger partial charge is 0.139 e. The second kappa shape index (κ2) is 3.03. The molecule has 2 aliphatic rings. The molecule has 0 aromatic carbocycles. The van der Waals surface area contributed by atoms with Gasteiger partial charge in [-0.2, -0.15) is 0 Å². The molecule has 13 heavy (non-hydrogen) atoms. The van der Waals surface area contributed by atoms with E-state index in [-0.39, 0.29) is 0 Å². The third-order valence-electron chi connectivity index (χ3n) is 2.50. The maximum absolute atomic E-state index is 11.3. The quantitative estimate of drug-likeness (QED) is 0.624. The molecule has 2 rings (SSSR count). The van der Waals surface area contributed by atoms with E-state index in [1.54, 1.807) is 0 Å². The van der Waals surface area contributed by atoms with Gasteiger partial charge in [0.15, 0.2) is 0 Å². The van der Waals surface area contributed by atoms with E-state index >= 15 is 0 Å². The van der Waals surface area contributed by atoms with Crippen molar-refractivity contribution in [2.75, 3.05) is 0 Å². The van der Waals surface area contributed by atoms with Gasteiger partial charge in [-0.05, 0) is 20.3 Å². The Morgan fingerprint density at radius 1 is 1.38 bits per heavy atom. The van der Waals surface area contributed by atoms with Gasteiger partial charge in [-0.3, -0.25) is 9.80 Å². The fraction of sp³-hybridized carbons (Fsp3) is 0.667. The summed E-state index contributed by atoms with van der Waals surface area (Å²) in [6.07, 6.45) is 2.11. The monoisotopic (exact) mass is 181 g/mol. The number of Topliss-reactive ketones (excluding diaryl/α,β-unsaturated/α-hetero) is 1. The maximum atomic E-state index is 11.3. The number of nitrogens with zero attached hydrogens (tertiary/aromatic N) is 1. The molecular formula is C9H15N3O. The molecular weight excluding hydrogens is 166 g/mol. The van der Waals surface area contributed by atoms with Crippen LogP contribution in [0.1, 0.15) is 33.1 Å². The van der Waals surface area contributed by atoms with Crippen LogP contribution in [-0.2, 0) is 4.79 Å². The Labute approximate surface area is 77.9 Å². The summed E-state index contributed by atoms with van der Waals surface area (Å²) in [6, 6.07) is 0.380. The Kier molecular flexibility index (Phi) is 2.00. The van der Waals surface area contributed by atoms with Crippen LogP contribution in [0.15, 0.2) is 11.4 Å². The third-order valence-corrected chi connectivity index (χ3v) is 2.50. The third kappa shape index (κ3) is 1.42. The zero-order valence-corrected chi connectivity index (χ0v) is 8.05. The van der Waals surface area contributed by atoms with Crippen LogP contribution < -0.4 is 11.0 Å². The summed E-state index contributed by atoms with van der Waals surface area (Å²) in [7, 11) is 0. The van der Waals surface area contributed by atoms with E-state index < -0.39 is 0 Å². The van der Waals surface area contributed by atoms with Crippen LogP contribution in [0.25, 0.3) is 0 Å². The number of hydrogen-bond donors (Lipinski definition) is 2. The second-order valence-electron chi connectivity index (χ2n) is 3.84. The zero-order valence-electron chi connectivity index (χ0n) is 8.05. The summed E-state index contributed by atoms with van der Waals surface area (Å²) in [5.41, 5.74) is 8.51. The van der Waals surface area contributed by atoms with Crippen LogP contribution in [0.5, 0.6) is 0 Å². The molecule has 2 N–H and O–H groups in total. The van der Waals surface area contributed by atoms with E-state index in [0.29, 0.717) is 24.7 Å². The second-order valence-corrected chi connectivity index (χ2v) is 3.84. The van der Waals surface area contributed by atoms with Gasteiger partial charge in [0.25, 0.3) is 0 Å². The predicted molar refractivity (Wildman–Crippen MR) is 49.1 cm³/mol. The molecule has 1 aliphatic carbocycles. The minimum Gasteiger partial charge on any atom is -0.306 e. The molecule has 0 saturated heterocycles. The van der Waals surface area contributed by atoms with Crippen LogP contribution in [0.4, 0.5) is 0 Å². The predicted octanol–water partition coefficient (Wildman–Crippen LogP) is 0.684. The first-order valence-corrected chi connectivity index (χ1v) is 4.73. The van der Waals surface area contributed by atoms with Crippen molar-refractivity contribution in [1.29, 1.82) is 0 Å². The highest BCUT2D eigenvalue weighted by Crippen LogP contribution is 2.26. The van der Waals surface area contributed by atoms with Gasteiger partial charge in [-0.1, -0.05) is 0 Å². The highest BCUT2D eigenvalue weighted by molar-refractivity contribution is 5.82. The first-order chi connectivity index (χ1) is 6.18. The van der Waals surface area contributed by atoms with Crippen molar-refractivity contribution in [3.05, 3.63) is 11.4 Å². The van der Waals surface area contributed by atoms with Crippen LogP contribution in [0.3, 0.4) is 0 Å². The molecule has 1 aliphatic heterocycles. The van der Waals surface area contributed by atoms with Crippen molar-refractivity contribution in [3.63, 3.8) is 0 Å². The number of rotatable bonds is 1. The summed E-state index contributed by atoms with van der Waals surface area (Å²) in [5.74, 6) is 0.343. The lowest BCUT2D eigenvalue weighted by molar-refractivity contribution is -0.119. The average Bonchev–Trinajstić information content (AvgIpc) is 2.46. The van der Waals surface area contributed by atoms with E-state index in [2.05, 4.69) is 24.8 Å². The Morgan fingerprint density at radius 2 is 2.15 bits per heavy atom. The first-order valence-electron chi connectivity index (χ1n) is 4.73. The fourth-order valence-corrected chi connectivity index (χ4v) is 1.79. The lowest BCUT2D eigenvalue weighted by Crippen LogP contribution is -2.42. The maximum Gasteiger partial charge on any atom is 0.139 e. The van der Waals surface area contributed by atoms with Gasteiger partial charge in [0, 0.05) is 24.6 Å². The summed E-state index contributed by atoms with van der Waals surface area (Å²) < 4.78 is 0. The van der Waals surface area contributed by atoms with E-state index in [1.165, 1.54) is 5.70 Å². The first kappa shape index (κ1) is 8.56. The topological polar surface area (TPSA) is 44.4 Å². The standard InChI is InChI=1S/C9H15N3O/c1-6(2)12-9-5-7(13)3-4-8(9)10-11-12/h6,10-11H,3-5H2,1-2H3. The van der Waals surface area contributed by atoms with E-state index in [4.69, 9.17) is 0 Å². The molecule has 0 aromatic heterocycles. The van der Waals surface area contributed by atoms with Gasteiger partial charge in [-0.25, -0.2) is 0 Å². The van der Waals surface area contributed by atoms with E-state index in [9.17, 15) is 4.79 Å². The van der Waals surface area contributed by atoms with Crippen LogP contribution >= 0.6 is 0 Å². The molecule has 0 saturated carbocycles. The minimum absolute atomic E-state index is 0.343. The molecule has 0 amide bonds. The summed E-state index contributed by atoms with van der Waals surface area (Å²) in [5, 5.41) is 2.03. The van der Waals surface area contributed by atoms with Crippen molar-refractivity contribution in [2.45, 2.75) is 39.2 Å². The molecule has 0 bridgehead atoms. The largest absolute Gasteiger partial charge is 0.306 e. The summed E-state index contributed by atoms with van der Waals surface area (Å²) >= 11 is 0. The molecule has 72 valence electrons.